The fraction of sp³-hybridized carbons (Fsp3) is 0.533. The van der Waals surface area contributed by atoms with Crippen LogP contribution in [0.4, 0.5) is 0 Å². The van der Waals surface area contributed by atoms with Crippen LogP contribution >= 0.6 is 0 Å². The minimum Gasteiger partial charge on any atom is -0.481 e. The standard InChI is InChI=1S/C15H18N2O5/c18-13-6-11(8-17(13)9-12-2-1-5-22-12)14(19)16-4-3-10(7-16)15(20)21/h1-2,5,10-11H,3-4,6-9H2,(H,20,21). The molecule has 0 spiro atoms. The van der Waals surface area contributed by atoms with E-state index in [1.165, 1.54) is 0 Å². The summed E-state index contributed by atoms with van der Waals surface area (Å²) in [6.45, 7) is 1.44. The van der Waals surface area contributed by atoms with E-state index in [9.17, 15) is 14.4 Å². The van der Waals surface area contributed by atoms with Crippen LogP contribution in [0.5, 0.6) is 0 Å². The number of carbonyl (C=O) groups is 3. The molecule has 2 fully saturated rings. The maximum absolute atomic E-state index is 12.4. The summed E-state index contributed by atoms with van der Waals surface area (Å²) in [7, 11) is 0. The summed E-state index contributed by atoms with van der Waals surface area (Å²) in [5, 5.41) is 9.00. The Balaban J connectivity index is 1.58. The Morgan fingerprint density at radius 2 is 2.14 bits per heavy atom. The molecule has 3 heterocycles. The number of carboxylic acids is 1. The van der Waals surface area contributed by atoms with Crippen LogP contribution in [0.1, 0.15) is 18.6 Å². The van der Waals surface area contributed by atoms with Gasteiger partial charge in [0.05, 0.1) is 24.6 Å². The Bertz CT molecular complexity index is 583. The molecule has 3 rings (SSSR count). The van der Waals surface area contributed by atoms with E-state index >= 15 is 0 Å². The van der Waals surface area contributed by atoms with Gasteiger partial charge in [-0.15, -0.1) is 0 Å². The van der Waals surface area contributed by atoms with E-state index < -0.39 is 11.9 Å². The Kier molecular flexibility index (Phi) is 3.87. The Labute approximate surface area is 127 Å². The average Bonchev–Trinajstić information content (AvgIpc) is 3.20. The van der Waals surface area contributed by atoms with E-state index in [0.29, 0.717) is 31.8 Å². The number of carboxylic acid groups (broad SMARTS) is 1. The van der Waals surface area contributed by atoms with Gasteiger partial charge in [0.25, 0.3) is 0 Å². The van der Waals surface area contributed by atoms with Crippen molar-refractivity contribution in [3.63, 3.8) is 0 Å². The highest BCUT2D eigenvalue weighted by Gasteiger charge is 2.39. The van der Waals surface area contributed by atoms with Crippen molar-refractivity contribution in [1.82, 2.24) is 9.80 Å². The lowest BCUT2D eigenvalue weighted by Gasteiger charge is -2.20. The smallest absolute Gasteiger partial charge is 0.308 e. The van der Waals surface area contributed by atoms with Gasteiger partial charge in [0.15, 0.2) is 0 Å². The Hall–Kier alpha value is -2.31. The third-order valence-electron chi connectivity index (χ3n) is 4.34. The molecule has 7 heteroatoms. The van der Waals surface area contributed by atoms with Crippen LogP contribution < -0.4 is 0 Å². The van der Waals surface area contributed by atoms with Gasteiger partial charge in [-0.05, 0) is 18.6 Å². The molecule has 2 atom stereocenters. The van der Waals surface area contributed by atoms with Crippen molar-refractivity contribution in [3.05, 3.63) is 24.2 Å². The van der Waals surface area contributed by atoms with E-state index in [0.717, 1.165) is 0 Å². The van der Waals surface area contributed by atoms with Crippen molar-refractivity contribution in [3.8, 4) is 0 Å². The third-order valence-corrected chi connectivity index (χ3v) is 4.34. The lowest BCUT2D eigenvalue weighted by Crippen LogP contribution is -2.36. The number of nitrogens with zero attached hydrogens (tertiary/aromatic N) is 2. The van der Waals surface area contributed by atoms with Crippen LogP contribution in [0.2, 0.25) is 0 Å². The molecule has 0 radical (unpaired) electrons. The maximum Gasteiger partial charge on any atom is 0.308 e. The second kappa shape index (κ2) is 5.82. The topological polar surface area (TPSA) is 91.1 Å². The number of hydrogen-bond donors (Lipinski definition) is 1. The maximum atomic E-state index is 12.4. The van der Waals surface area contributed by atoms with Crippen LogP contribution in [-0.2, 0) is 20.9 Å². The predicted molar refractivity (Wildman–Crippen MR) is 74.6 cm³/mol. The number of likely N-dealkylation sites (tertiary alicyclic amines) is 2. The summed E-state index contributed by atoms with van der Waals surface area (Å²) >= 11 is 0. The summed E-state index contributed by atoms with van der Waals surface area (Å²) in [6, 6.07) is 3.55. The fourth-order valence-electron chi connectivity index (χ4n) is 3.10. The highest BCUT2D eigenvalue weighted by molar-refractivity contribution is 5.89. The van der Waals surface area contributed by atoms with E-state index in [2.05, 4.69) is 0 Å². The van der Waals surface area contributed by atoms with Crippen LogP contribution in [0.15, 0.2) is 22.8 Å². The van der Waals surface area contributed by atoms with Gasteiger partial charge in [-0.3, -0.25) is 14.4 Å². The minimum absolute atomic E-state index is 0.0660. The van der Waals surface area contributed by atoms with Crippen molar-refractivity contribution < 1.29 is 23.9 Å². The molecule has 2 saturated heterocycles. The number of furan rings is 1. The van der Waals surface area contributed by atoms with Gasteiger partial charge in [-0.2, -0.15) is 0 Å². The highest BCUT2D eigenvalue weighted by Crippen LogP contribution is 2.25. The second-order valence-electron chi connectivity index (χ2n) is 5.86. The molecule has 0 saturated carbocycles. The molecule has 2 aliphatic heterocycles. The van der Waals surface area contributed by atoms with Crippen LogP contribution in [-0.4, -0.2) is 52.3 Å². The molecule has 0 aromatic carbocycles. The predicted octanol–water partition coefficient (Wildman–Crippen LogP) is 0.561. The van der Waals surface area contributed by atoms with Crippen molar-refractivity contribution in [2.75, 3.05) is 19.6 Å². The Morgan fingerprint density at radius 3 is 2.77 bits per heavy atom. The average molecular weight is 306 g/mol. The Morgan fingerprint density at radius 1 is 1.32 bits per heavy atom. The summed E-state index contributed by atoms with van der Waals surface area (Å²) in [5.74, 6) is -1.22. The molecule has 2 unspecified atom stereocenters. The zero-order chi connectivity index (χ0) is 15.7. The molecule has 118 valence electrons. The summed E-state index contributed by atoms with van der Waals surface area (Å²) in [6.07, 6.45) is 2.22. The van der Waals surface area contributed by atoms with Gasteiger partial charge in [0, 0.05) is 26.1 Å². The normalized spacial score (nSPS) is 25.0. The molecule has 0 bridgehead atoms. The molecule has 1 N–H and O–H groups in total. The van der Waals surface area contributed by atoms with Crippen LogP contribution in [0, 0.1) is 11.8 Å². The molecule has 2 aliphatic rings. The first kappa shape index (κ1) is 14.6. The van der Waals surface area contributed by atoms with E-state index in [1.807, 2.05) is 0 Å². The third kappa shape index (κ3) is 2.84. The zero-order valence-electron chi connectivity index (χ0n) is 12.1. The van der Waals surface area contributed by atoms with Gasteiger partial charge in [-0.1, -0.05) is 0 Å². The summed E-state index contributed by atoms with van der Waals surface area (Å²) < 4.78 is 5.23. The number of amides is 2. The lowest BCUT2D eigenvalue weighted by molar-refractivity contribution is -0.141. The molecule has 2 amide bonds. The lowest BCUT2D eigenvalue weighted by atomic mass is 10.1. The van der Waals surface area contributed by atoms with Gasteiger partial charge in [-0.25, -0.2) is 0 Å². The molecular weight excluding hydrogens is 288 g/mol. The van der Waals surface area contributed by atoms with Gasteiger partial charge >= 0.3 is 5.97 Å². The van der Waals surface area contributed by atoms with Gasteiger partial charge in [0.1, 0.15) is 5.76 Å². The molecule has 22 heavy (non-hydrogen) atoms. The first-order valence-electron chi connectivity index (χ1n) is 7.36. The zero-order valence-corrected chi connectivity index (χ0v) is 12.1. The van der Waals surface area contributed by atoms with E-state index in [1.54, 1.807) is 28.2 Å². The SMILES string of the molecule is O=C(O)C1CCN(C(=O)C2CC(=O)N(Cc3ccco3)C2)C1. The van der Waals surface area contributed by atoms with Crippen molar-refractivity contribution in [2.45, 2.75) is 19.4 Å². The van der Waals surface area contributed by atoms with E-state index in [-0.39, 0.29) is 30.7 Å². The summed E-state index contributed by atoms with van der Waals surface area (Å²) in [5.41, 5.74) is 0. The fourth-order valence-corrected chi connectivity index (χ4v) is 3.10. The van der Waals surface area contributed by atoms with Crippen molar-refractivity contribution >= 4 is 17.8 Å². The van der Waals surface area contributed by atoms with Crippen LogP contribution in [0.3, 0.4) is 0 Å². The van der Waals surface area contributed by atoms with Gasteiger partial charge in [0.2, 0.25) is 11.8 Å². The molecule has 0 aliphatic carbocycles. The first-order valence-corrected chi connectivity index (χ1v) is 7.36. The van der Waals surface area contributed by atoms with Crippen LogP contribution in [0.25, 0.3) is 0 Å². The van der Waals surface area contributed by atoms with Gasteiger partial charge < -0.3 is 19.3 Å². The minimum atomic E-state index is -0.864. The van der Waals surface area contributed by atoms with Crippen molar-refractivity contribution in [1.29, 1.82) is 0 Å². The molecule has 1 aromatic rings. The number of hydrogen-bond acceptors (Lipinski definition) is 4. The number of carbonyl (C=O) groups excluding carboxylic acids is 2. The largest absolute Gasteiger partial charge is 0.481 e. The number of rotatable bonds is 4. The molecule has 7 nitrogen and oxygen atoms in total. The molecular formula is C15H18N2O5. The highest BCUT2D eigenvalue weighted by atomic mass is 16.4. The second-order valence-corrected chi connectivity index (χ2v) is 5.86. The quantitative estimate of drug-likeness (QED) is 0.877. The van der Waals surface area contributed by atoms with E-state index in [4.69, 9.17) is 9.52 Å². The van der Waals surface area contributed by atoms with Crippen molar-refractivity contribution in [2.24, 2.45) is 11.8 Å². The summed E-state index contributed by atoms with van der Waals surface area (Å²) in [4.78, 5) is 38.6. The number of aliphatic carboxylic acids is 1. The first-order chi connectivity index (χ1) is 10.5. The monoisotopic (exact) mass is 306 g/mol. The molecule has 1 aromatic heterocycles.